The lowest BCUT2D eigenvalue weighted by Crippen LogP contribution is -2.63. The van der Waals surface area contributed by atoms with Crippen LogP contribution in [0.1, 0.15) is 62.2 Å². The summed E-state index contributed by atoms with van der Waals surface area (Å²) >= 11 is 4.01. The monoisotopic (exact) mass is 778 g/mol. The maximum atomic E-state index is 13.5. The predicted octanol–water partition coefficient (Wildman–Crippen LogP) is -1.89. The Balaban J connectivity index is 0.912. The van der Waals surface area contributed by atoms with Gasteiger partial charge in [-0.3, -0.25) is 48.1 Å². The van der Waals surface area contributed by atoms with Gasteiger partial charge in [0.15, 0.2) is 5.78 Å². The van der Waals surface area contributed by atoms with E-state index >= 15 is 0 Å². The number of nitrogens with one attached hydrogen (secondary N) is 4. The van der Waals surface area contributed by atoms with Crippen LogP contribution in [0.4, 0.5) is 0 Å². The first-order valence-electron chi connectivity index (χ1n) is 17.5. The molecule has 2 heterocycles. The van der Waals surface area contributed by atoms with E-state index in [1.807, 2.05) is 0 Å². The molecule has 2 aliphatic heterocycles. The summed E-state index contributed by atoms with van der Waals surface area (Å²) in [5.41, 5.74) is -0.0227. The Bertz CT molecular complexity index is 2050. The van der Waals surface area contributed by atoms with Crippen molar-refractivity contribution >= 4 is 65.5 Å². The van der Waals surface area contributed by atoms with E-state index in [9.17, 15) is 53.4 Å². The van der Waals surface area contributed by atoms with Crippen LogP contribution in [0.3, 0.4) is 0 Å². The van der Waals surface area contributed by atoms with Crippen molar-refractivity contribution in [3.63, 3.8) is 0 Å². The zero-order valence-electron chi connectivity index (χ0n) is 29.6. The molecule has 2 aromatic carbocycles. The predicted molar refractivity (Wildman–Crippen MR) is 191 cm³/mol. The maximum absolute atomic E-state index is 13.5. The number of imide groups is 1. The molecule has 0 radical (unpaired) electrons. The number of aromatic hydroxyl groups is 2. The largest absolute Gasteiger partial charge is 0.507 e. The Morgan fingerprint density at radius 3 is 2.07 bits per heavy atom. The summed E-state index contributed by atoms with van der Waals surface area (Å²) in [6, 6.07) is 4.12. The Kier molecular flexibility index (Phi) is 11.1. The Labute approximate surface area is 318 Å². The van der Waals surface area contributed by atoms with Crippen LogP contribution in [0.5, 0.6) is 17.2 Å². The molecule has 2 saturated heterocycles. The summed E-state index contributed by atoms with van der Waals surface area (Å²) < 4.78 is 5.27. The number of phenols is 2. The van der Waals surface area contributed by atoms with E-state index in [1.54, 1.807) is 6.07 Å². The summed E-state index contributed by atoms with van der Waals surface area (Å²) in [5, 5.41) is 31.4. The standard InChI is InChI=1S/C36H38N6O12S/c1-54-21-4-2-3-19-28(21)34(51)30-29(32(19)49)33(50)20-9-16(5-6-18(20)31(30)48)35(52)41-14-17(15-41)40-26(46)13-39-25(45)12-38-24(44)11-37-23(43)7-8-42-27(47)10-22(55)36(42)53/h2-4,16-17,22,48,50,55H,5-15H2,1H3,(H,37,43)(H,38,44)(H,39,45)(H,40,46)/t16-,22?/m0/s1. The fourth-order valence-corrected chi connectivity index (χ4v) is 7.46. The number of nitrogens with zero attached hydrogens (tertiary/aromatic N) is 2. The van der Waals surface area contributed by atoms with Crippen molar-refractivity contribution in [3.8, 4) is 17.2 Å². The quantitative estimate of drug-likeness (QED) is 0.0605. The van der Waals surface area contributed by atoms with Gasteiger partial charge in [-0.1, -0.05) is 12.1 Å². The molecule has 0 bridgehead atoms. The van der Waals surface area contributed by atoms with E-state index < -0.39 is 95.4 Å². The highest BCUT2D eigenvalue weighted by Crippen LogP contribution is 2.47. The van der Waals surface area contributed by atoms with Crippen molar-refractivity contribution in [2.45, 2.75) is 43.4 Å². The van der Waals surface area contributed by atoms with Gasteiger partial charge in [-0.2, -0.15) is 12.6 Å². The van der Waals surface area contributed by atoms with Gasteiger partial charge in [0.1, 0.15) is 17.2 Å². The lowest BCUT2D eigenvalue weighted by Gasteiger charge is -2.42. The average molecular weight is 779 g/mol. The minimum absolute atomic E-state index is 0.00578. The van der Waals surface area contributed by atoms with Gasteiger partial charge in [0, 0.05) is 55.1 Å². The van der Waals surface area contributed by atoms with Crippen LogP contribution in [0.2, 0.25) is 0 Å². The van der Waals surface area contributed by atoms with E-state index in [2.05, 4.69) is 33.9 Å². The number of thiol groups is 1. The lowest BCUT2D eigenvalue weighted by atomic mass is 9.75. The van der Waals surface area contributed by atoms with Crippen molar-refractivity contribution in [1.29, 1.82) is 0 Å². The number of ketones is 2. The SMILES string of the molecule is COc1cccc2c1C(=O)c1c(O)c3c(c(O)c1C2=O)C[C@@H](C(=O)N1CC(NC(=O)CNC(=O)CNC(=O)CNC(=O)CCN2C(=O)CC(S)C2=O)C1)CC3. The summed E-state index contributed by atoms with van der Waals surface area (Å²) in [4.78, 5) is 115. The molecule has 4 aliphatic rings. The maximum Gasteiger partial charge on any atom is 0.242 e. The van der Waals surface area contributed by atoms with Gasteiger partial charge in [0.25, 0.3) is 0 Å². The number of benzene rings is 2. The van der Waals surface area contributed by atoms with Crippen LogP contribution in [-0.4, -0.2) is 131 Å². The number of phenolic OH excluding ortho intramolecular Hbond substituents is 2. The van der Waals surface area contributed by atoms with Crippen molar-refractivity contribution < 1.29 is 58.1 Å². The number of ether oxygens (including phenoxy) is 1. The molecule has 2 atom stereocenters. The molecular weight excluding hydrogens is 740 g/mol. The second kappa shape index (κ2) is 15.8. The molecule has 1 unspecified atom stereocenters. The number of fused-ring (bicyclic) bond motifs is 3. The minimum atomic E-state index is -0.731. The molecule has 2 aromatic rings. The number of carbonyl (C=O) groups is 9. The normalized spacial score (nSPS) is 18.8. The number of methoxy groups -OCH3 is 1. The first-order valence-corrected chi connectivity index (χ1v) is 18.0. The zero-order chi connectivity index (χ0) is 39.7. The van der Waals surface area contributed by atoms with Gasteiger partial charge < -0.3 is 41.1 Å². The molecule has 0 aromatic heterocycles. The molecule has 55 heavy (non-hydrogen) atoms. The first kappa shape index (κ1) is 38.7. The van der Waals surface area contributed by atoms with Gasteiger partial charge >= 0.3 is 0 Å². The Morgan fingerprint density at radius 1 is 0.818 bits per heavy atom. The summed E-state index contributed by atoms with van der Waals surface area (Å²) in [7, 11) is 1.36. The molecule has 290 valence electrons. The zero-order valence-corrected chi connectivity index (χ0v) is 30.5. The van der Waals surface area contributed by atoms with Crippen molar-refractivity contribution in [2.75, 3.05) is 46.4 Å². The van der Waals surface area contributed by atoms with E-state index in [1.165, 1.54) is 24.1 Å². The Hall–Kier alpha value is -5.98. The fraction of sp³-hybridized carbons (Fsp3) is 0.417. The Morgan fingerprint density at radius 2 is 1.44 bits per heavy atom. The molecule has 19 heteroatoms. The summed E-state index contributed by atoms with van der Waals surface area (Å²) in [6.45, 7) is -1.08. The molecule has 6 N–H and O–H groups in total. The van der Waals surface area contributed by atoms with E-state index in [4.69, 9.17) is 4.74 Å². The van der Waals surface area contributed by atoms with Crippen molar-refractivity contribution in [3.05, 3.63) is 51.6 Å². The third kappa shape index (κ3) is 7.69. The second-order valence-corrected chi connectivity index (χ2v) is 14.2. The number of hydrogen-bond acceptors (Lipinski definition) is 13. The molecule has 0 saturated carbocycles. The molecule has 2 fully saturated rings. The number of rotatable bonds is 12. The van der Waals surface area contributed by atoms with Crippen molar-refractivity contribution in [2.24, 2.45) is 5.92 Å². The second-order valence-electron chi connectivity index (χ2n) is 13.6. The number of hydrogen-bond donors (Lipinski definition) is 7. The smallest absolute Gasteiger partial charge is 0.242 e. The highest BCUT2D eigenvalue weighted by Gasteiger charge is 2.43. The van der Waals surface area contributed by atoms with Gasteiger partial charge in [0.2, 0.25) is 47.1 Å². The topological polar surface area (TPSA) is 258 Å². The van der Waals surface area contributed by atoms with Crippen molar-refractivity contribution in [1.82, 2.24) is 31.1 Å². The van der Waals surface area contributed by atoms with Crippen LogP contribution in [0.15, 0.2) is 18.2 Å². The molecular formula is C36H38N6O12S. The minimum Gasteiger partial charge on any atom is -0.507 e. The highest BCUT2D eigenvalue weighted by atomic mass is 32.1. The first-order chi connectivity index (χ1) is 26.2. The third-order valence-corrected chi connectivity index (χ3v) is 10.5. The van der Waals surface area contributed by atoms with Crippen LogP contribution in [0.25, 0.3) is 0 Å². The van der Waals surface area contributed by atoms with E-state index in [0.717, 1.165) is 4.90 Å². The van der Waals surface area contributed by atoms with Crippen LogP contribution in [-0.2, 0) is 46.4 Å². The van der Waals surface area contributed by atoms with Crippen LogP contribution >= 0.6 is 12.6 Å². The van der Waals surface area contributed by atoms with Crippen LogP contribution < -0.4 is 26.0 Å². The van der Waals surface area contributed by atoms with Crippen LogP contribution in [0, 0.1) is 5.92 Å². The lowest BCUT2D eigenvalue weighted by molar-refractivity contribution is -0.142. The summed E-state index contributed by atoms with van der Waals surface area (Å²) in [5.74, 6) is -6.17. The van der Waals surface area contributed by atoms with Gasteiger partial charge in [-0.25, -0.2) is 0 Å². The molecule has 18 nitrogen and oxygen atoms in total. The third-order valence-electron chi connectivity index (χ3n) is 10.1. The van der Waals surface area contributed by atoms with E-state index in [0.29, 0.717) is 12.0 Å². The number of amides is 7. The molecule has 6 rings (SSSR count). The average Bonchev–Trinajstić information content (AvgIpc) is 3.40. The van der Waals surface area contributed by atoms with E-state index in [-0.39, 0.29) is 84.8 Å². The van der Waals surface area contributed by atoms with Gasteiger partial charge in [-0.05, 0) is 25.3 Å². The number of carbonyl (C=O) groups excluding carboxylic acids is 9. The summed E-state index contributed by atoms with van der Waals surface area (Å²) in [6.07, 6.45) is 0.255. The molecule has 2 aliphatic carbocycles. The molecule has 0 spiro atoms. The van der Waals surface area contributed by atoms with Gasteiger partial charge in [0.05, 0.1) is 54.7 Å². The van der Waals surface area contributed by atoms with Gasteiger partial charge in [-0.15, -0.1) is 0 Å². The number of likely N-dealkylation sites (tertiary alicyclic amines) is 2. The highest BCUT2D eigenvalue weighted by molar-refractivity contribution is 7.81. The molecule has 7 amide bonds. The fourth-order valence-electron chi connectivity index (χ4n) is 7.17.